The predicted octanol–water partition coefficient (Wildman–Crippen LogP) is 3.37. The maximum absolute atomic E-state index is 3.47. The van der Waals surface area contributed by atoms with Gasteiger partial charge < -0.3 is 0 Å². The molecule has 0 nitrogen and oxygen atoms in total. The molecule has 0 bridgehead atoms. The van der Waals surface area contributed by atoms with E-state index < -0.39 is 0 Å². The Morgan fingerprint density at radius 3 is 2.33 bits per heavy atom. The second kappa shape index (κ2) is 4.10. The molecule has 0 aromatic heterocycles. The molecule has 0 unspecified atom stereocenters. The average molecular weight is 191 g/mol. The van der Waals surface area contributed by atoms with E-state index in [1.54, 1.807) is 0 Å². The Kier molecular flexibility index (Phi) is 4.20. The SMILES string of the molecule is C/C=C\CC(C)(C)CBr. The lowest BCUT2D eigenvalue weighted by Gasteiger charge is -2.18. The van der Waals surface area contributed by atoms with E-state index in [9.17, 15) is 0 Å². The van der Waals surface area contributed by atoms with Gasteiger partial charge in [-0.1, -0.05) is 41.9 Å². The minimum absolute atomic E-state index is 0.423. The lowest BCUT2D eigenvalue weighted by Crippen LogP contribution is -2.10. The highest BCUT2D eigenvalue weighted by atomic mass is 79.9. The number of hydrogen-bond acceptors (Lipinski definition) is 0. The first-order valence-electron chi connectivity index (χ1n) is 3.29. The monoisotopic (exact) mass is 190 g/mol. The summed E-state index contributed by atoms with van der Waals surface area (Å²) in [6, 6.07) is 0. The predicted molar refractivity (Wildman–Crippen MR) is 47.0 cm³/mol. The fourth-order valence-electron chi connectivity index (χ4n) is 0.491. The molecule has 0 aliphatic rings. The molecule has 0 aliphatic carbocycles. The molecule has 0 spiro atoms. The maximum atomic E-state index is 3.47. The highest BCUT2D eigenvalue weighted by Gasteiger charge is 2.12. The second-order valence-electron chi connectivity index (χ2n) is 3.07. The Hall–Kier alpha value is 0.220. The Labute approximate surface area is 66.5 Å². The average Bonchev–Trinajstić information content (AvgIpc) is 1.84. The van der Waals surface area contributed by atoms with Crippen molar-refractivity contribution in [1.29, 1.82) is 0 Å². The Bertz CT molecular complexity index is 92.7. The van der Waals surface area contributed by atoms with E-state index in [1.165, 1.54) is 0 Å². The van der Waals surface area contributed by atoms with Gasteiger partial charge in [0.15, 0.2) is 0 Å². The third kappa shape index (κ3) is 4.71. The van der Waals surface area contributed by atoms with Crippen molar-refractivity contribution in [3.8, 4) is 0 Å². The smallest absolute Gasteiger partial charge is 0.00856 e. The zero-order valence-electron chi connectivity index (χ0n) is 6.45. The molecule has 0 amide bonds. The number of rotatable bonds is 3. The molecule has 0 rings (SSSR count). The molecule has 0 atom stereocenters. The standard InChI is InChI=1S/C8H15Br/c1-4-5-6-8(2,3)7-9/h4-5H,6-7H2,1-3H3/b5-4-. The molecule has 54 valence electrons. The van der Waals surface area contributed by atoms with Gasteiger partial charge in [0.25, 0.3) is 0 Å². The Morgan fingerprint density at radius 2 is 2.00 bits per heavy atom. The first-order valence-corrected chi connectivity index (χ1v) is 4.41. The van der Waals surface area contributed by atoms with Crippen LogP contribution in [0, 0.1) is 5.41 Å². The van der Waals surface area contributed by atoms with E-state index in [-0.39, 0.29) is 0 Å². The van der Waals surface area contributed by atoms with Gasteiger partial charge in [-0.25, -0.2) is 0 Å². The van der Waals surface area contributed by atoms with E-state index in [1.807, 2.05) is 0 Å². The number of halogens is 1. The van der Waals surface area contributed by atoms with Gasteiger partial charge >= 0.3 is 0 Å². The van der Waals surface area contributed by atoms with Crippen LogP contribution in [0.4, 0.5) is 0 Å². The summed E-state index contributed by atoms with van der Waals surface area (Å²) in [6.45, 7) is 6.56. The molecular weight excluding hydrogens is 176 g/mol. The summed E-state index contributed by atoms with van der Waals surface area (Å²) < 4.78 is 0. The molecule has 0 heterocycles. The lowest BCUT2D eigenvalue weighted by molar-refractivity contribution is 0.434. The fraction of sp³-hybridized carbons (Fsp3) is 0.750. The van der Waals surface area contributed by atoms with Crippen molar-refractivity contribution < 1.29 is 0 Å². The van der Waals surface area contributed by atoms with Crippen molar-refractivity contribution >= 4 is 15.9 Å². The highest BCUT2D eigenvalue weighted by Crippen LogP contribution is 2.22. The van der Waals surface area contributed by atoms with Crippen molar-refractivity contribution in [3.63, 3.8) is 0 Å². The maximum Gasteiger partial charge on any atom is 0.00856 e. The highest BCUT2D eigenvalue weighted by molar-refractivity contribution is 9.09. The van der Waals surface area contributed by atoms with Crippen molar-refractivity contribution in [2.24, 2.45) is 5.41 Å². The van der Waals surface area contributed by atoms with Gasteiger partial charge in [0.1, 0.15) is 0 Å². The van der Waals surface area contributed by atoms with E-state index in [4.69, 9.17) is 0 Å². The van der Waals surface area contributed by atoms with Gasteiger partial charge in [0, 0.05) is 5.33 Å². The van der Waals surface area contributed by atoms with Crippen LogP contribution >= 0.6 is 15.9 Å². The molecule has 0 saturated carbocycles. The topological polar surface area (TPSA) is 0 Å². The normalized spacial score (nSPS) is 12.9. The molecule has 9 heavy (non-hydrogen) atoms. The van der Waals surface area contributed by atoms with E-state index >= 15 is 0 Å². The molecule has 0 saturated heterocycles. The Morgan fingerprint density at radius 1 is 1.44 bits per heavy atom. The third-order valence-electron chi connectivity index (χ3n) is 1.27. The summed E-state index contributed by atoms with van der Waals surface area (Å²) in [6.07, 6.45) is 5.47. The Balaban J connectivity index is 3.58. The molecule has 0 fully saturated rings. The quantitative estimate of drug-likeness (QED) is 0.473. The van der Waals surface area contributed by atoms with Crippen LogP contribution in [-0.4, -0.2) is 5.33 Å². The molecule has 1 heteroatoms. The molecule has 0 aromatic rings. The van der Waals surface area contributed by atoms with Crippen LogP contribution in [0.3, 0.4) is 0 Å². The van der Waals surface area contributed by atoms with E-state index in [2.05, 4.69) is 48.9 Å². The van der Waals surface area contributed by atoms with Gasteiger partial charge in [-0.2, -0.15) is 0 Å². The third-order valence-corrected chi connectivity index (χ3v) is 2.79. The number of allylic oxidation sites excluding steroid dienone is 2. The van der Waals surface area contributed by atoms with Crippen LogP contribution in [0.15, 0.2) is 12.2 Å². The van der Waals surface area contributed by atoms with Crippen molar-refractivity contribution in [3.05, 3.63) is 12.2 Å². The fourth-order valence-corrected chi connectivity index (χ4v) is 0.720. The van der Waals surface area contributed by atoms with Gasteiger partial charge in [-0.05, 0) is 18.8 Å². The molecular formula is C8H15Br. The van der Waals surface area contributed by atoms with E-state index in [0.717, 1.165) is 11.8 Å². The van der Waals surface area contributed by atoms with Crippen LogP contribution in [0.5, 0.6) is 0 Å². The summed E-state index contributed by atoms with van der Waals surface area (Å²) in [5.41, 5.74) is 0.423. The lowest BCUT2D eigenvalue weighted by atomic mass is 9.92. The van der Waals surface area contributed by atoms with Crippen LogP contribution in [0.2, 0.25) is 0 Å². The first kappa shape index (κ1) is 9.22. The molecule has 0 aromatic carbocycles. The summed E-state index contributed by atoms with van der Waals surface area (Å²) >= 11 is 3.47. The second-order valence-corrected chi connectivity index (χ2v) is 3.63. The molecule has 0 N–H and O–H groups in total. The van der Waals surface area contributed by atoms with Gasteiger partial charge in [0.05, 0.1) is 0 Å². The number of hydrogen-bond donors (Lipinski definition) is 0. The summed E-state index contributed by atoms with van der Waals surface area (Å²) in [4.78, 5) is 0. The van der Waals surface area contributed by atoms with Gasteiger partial charge in [-0.15, -0.1) is 0 Å². The molecule has 0 aliphatic heterocycles. The van der Waals surface area contributed by atoms with E-state index in [0.29, 0.717) is 5.41 Å². The summed E-state index contributed by atoms with van der Waals surface area (Å²) in [5, 5.41) is 1.07. The summed E-state index contributed by atoms with van der Waals surface area (Å²) in [7, 11) is 0. The number of alkyl halides is 1. The van der Waals surface area contributed by atoms with Crippen molar-refractivity contribution in [2.45, 2.75) is 27.2 Å². The van der Waals surface area contributed by atoms with Crippen molar-refractivity contribution in [1.82, 2.24) is 0 Å². The molecule has 0 radical (unpaired) electrons. The van der Waals surface area contributed by atoms with Crippen LogP contribution in [-0.2, 0) is 0 Å². The minimum atomic E-state index is 0.423. The first-order chi connectivity index (χ1) is 4.12. The minimum Gasteiger partial charge on any atom is -0.0922 e. The van der Waals surface area contributed by atoms with Crippen molar-refractivity contribution in [2.75, 3.05) is 5.33 Å². The van der Waals surface area contributed by atoms with Crippen LogP contribution in [0.1, 0.15) is 27.2 Å². The van der Waals surface area contributed by atoms with Crippen LogP contribution in [0.25, 0.3) is 0 Å². The van der Waals surface area contributed by atoms with Gasteiger partial charge in [0.2, 0.25) is 0 Å². The summed E-state index contributed by atoms with van der Waals surface area (Å²) in [5.74, 6) is 0. The largest absolute Gasteiger partial charge is 0.0922 e. The zero-order valence-corrected chi connectivity index (χ0v) is 8.03. The van der Waals surface area contributed by atoms with Crippen LogP contribution < -0.4 is 0 Å². The zero-order chi connectivity index (χ0) is 7.33. The van der Waals surface area contributed by atoms with Gasteiger partial charge in [-0.3, -0.25) is 0 Å².